The molecule has 0 aliphatic rings. The van der Waals surface area contributed by atoms with E-state index in [4.69, 9.17) is 4.74 Å². The number of rotatable bonds is 7. The number of amides is 1. The summed E-state index contributed by atoms with van der Waals surface area (Å²) in [5.74, 6) is 1.56. The molecule has 1 amide bonds. The van der Waals surface area contributed by atoms with E-state index in [2.05, 4.69) is 4.98 Å². The van der Waals surface area contributed by atoms with Crippen LogP contribution in [0.3, 0.4) is 0 Å². The van der Waals surface area contributed by atoms with Gasteiger partial charge in [-0.2, -0.15) is 0 Å². The maximum absolute atomic E-state index is 13.0. The van der Waals surface area contributed by atoms with Gasteiger partial charge in [0, 0.05) is 29.6 Å². The SMILES string of the molecule is COc1cccc(CN(C)C(=O)c2ccccc2SCc2cscn2)c1. The number of thiazole rings is 1. The average molecular weight is 385 g/mol. The van der Waals surface area contributed by atoms with Crippen LogP contribution in [-0.4, -0.2) is 29.9 Å². The number of nitrogens with zero attached hydrogens (tertiary/aromatic N) is 2. The molecule has 0 unspecified atom stereocenters. The average Bonchev–Trinajstić information content (AvgIpc) is 3.19. The fourth-order valence-corrected chi connectivity index (χ4v) is 4.16. The van der Waals surface area contributed by atoms with Crippen LogP contribution in [0.5, 0.6) is 5.75 Å². The number of ether oxygens (including phenoxy) is 1. The van der Waals surface area contributed by atoms with E-state index in [9.17, 15) is 4.79 Å². The van der Waals surface area contributed by atoms with Crippen molar-refractivity contribution in [2.24, 2.45) is 0 Å². The predicted octanol–water partition coefficient (Wildman–Crippen LogP) is 4.72. The quantitative estimate of drug-likeness (QED) is 0.553. The van der Waals surface area contributed by atoms with Crippen LogP contribution in [0.25, 0.3) is 0 Å². The fraction of sp³-hybridized carbons (Fsp3) is 0.200. The highest BCUT2D eigenvalue weighted by Crippen LogP contribution is 2.27. The summed E-state index contributed by atoms with van der Waals surface area (Å²) in [4.78, 5) is 20.0. The third-order valence-electron chi connectivity index (χ3n) is 3.88. The lowest BCUT2D eigenvalue weighted by Crippen LogP contribution is -2.26. The third-order valence-corrected chi connectivity index (χ3v) is 5.62. The minimum Gasteiger partial charge on any atom is -0.497 e. The molecule has 0 radical (unpaired) electrons. The molecule has 1 aromatic heterocycles. The van der Waals surface area contributed by atoms with Crippen molar-refractivity contribution >= 4 is 29.0 Å². The molecule has 0 spiro atoms. The summed E-state index contributed by atoms with van der Waals surface area (Å²) in [6, 6.07) is 15.5. The number of benzene rings is 2. The number of carbonyl (C=O) groups excluding carboxylic acids is 1. The van der Waals surface area contributed by atoms with Crippen molar-refractivity contribution < 1.29 is 9.53 Å². The highest BCUT2D eigenvalue weighted by Gasteiger charge is 2.16. The second-order valence-corrected chi connectivity index (χ2v) is 7.51. The van der Waals surface area contributed by atoms with Crippen LogP contribution in [0.2, 0.25) is 0 Å². The van der Waals surface area contributed by atoms with E-state index >= 15 is 0 Å². The van der Waals surface area contributed by atoms with Crippen molar-refractivity contribution in [3.63, 3.8) is 0 Å². The van der Waals surface area contributed by atoms with E-state index in [1.807, 2.05) is 66.5 Å². The molecule has 26 heavy (non-hydrogen) atoms. The Labute approximate surface area is 161 Å². The van der Waals surface area contributed by atoms with Gasteiger partial charge in [0.2, 0.25) is 0 Å². The van der Waals surface area contributed by atoms with Crippen LogP contribution in [0.15, 0.2) is 64.3 Å². The zero-order chi connectivity index (χ0) is 18.4. The molecule has 0 bridgehead atoms. The largest absolute Gasteiger partial charge is 0.497 e. The zero-order valence-corrected chi connectivity index (χ0v) is 16.3. The number of thioether (sulfide) groups is 1. The first-order valence-corrected chi connectivity index (χ1v) is 10.1. The lowest BCUT2D eigenvalue weighted by molar-refractivity contribution is 0.0781. The number of hydrogen-bond donors (Lipinski definition) is 0. The highest BCUT2D eigenvalue weighted by atomic mass is 32.2. The zero-order valence-electron chi connectivity index (χ0n) is 14.7. The smallest absolute Gasteiger partial charge is 0.255 e. The van der Waals surface area contributed by atoms with Crippen LogP contribution in [-0.2, 0) is 12.3 Å². The number of hydrogen-bond acceptors (Lipinski definition) is 5. The molecule has 3 aromatic rings. The molecule has 0 aliphatic heterocycles. The molecule has 0 aliphatic carbocycles. The molecule has 1 heterocycles. The van der Waals surface area contributed by atoms with Crippen molar-refractivity contribution in [3.05, 3.63) is 76.2 Å². The minimum atomic E-state index is 0.00852. The summed E-state index contributed by atoms with van der Waals surface area (Å²) < 4.78 is 5.26. The molecule has 0 saturated heterocycles. The molecule has 0 N–H and O–H groups in total. The van der Waals surface area contributed by atoms with E-state index < -0.39 is 0 Å². The van der Waals surface area contributed by atoms with Gasteiger partial charge >= 0.3 is 0 Å². The Morgan fingerprint density at radius 1 is 1.23 bits per heavy atom. The second-order valence-electron chi connectivity index (χ2n) is 5.78. The Morgan fingerprint density at radius 3 is 2.85 bits per heavy atom. The van der Waals surface area contributed by atoms with Gasteiger partial charge in [-0.05, 0) is 29.8 Å². The monoisotopic (exact) mass is 384 g/mol. The van der Waals surface area contributed by atoms with Gasteiger partial charge in [0.05, 0.1) is 23.9 Å². The Morgan fingerprint density at radius 2 is 2.08 bits per heavy atom. The number of methoxy groups -OCH3 is 1. The van der Waals surface area contributed by atoms with Crippen molar-refractivity contribution in [2.75, 3.05) is 14.2 Å². The lowest BCUT2D eigenvalue weighted by Gasteiger charge is -2.19. The normalized spacial score (nSPS) is 10.5. The molecular weight excluding hydrogens is 364 g/mol. The Bertz CT molecular complexity index is 866. The molecule has 0 saturated carbocycles. The molecule has 3 rings (SSSR count). The Kier molecular flexibility index (Phi) is 6.30. The van der Waals surface area contributed by atoms with Gasteiger partial charge in [-0.1, -0.05) is 24.3 Å². The van der Waals surface area contributed by atoms with E-state index in [0.29, 0.717) is 6.54 Å². The lowest BCUT2D eigenvalue weighted by atomic mass is 10.1. The van der Waals surface area contributed by atoms with Gasteiger partial charge < -0.3 is 9.64 Å². The predicted molar refractivity (Wildman–Crippen MR) is 107 cm³/mol. The highest BCUT2D eigenvalue weighted by molar-refractivity contribution is 7.98. The van der Waals surface area contributed by atoms with E-state index in [0.717, 1.165) is 33.2 Å². The Hall–Kier alpha value is -2.31. The van der Waals surface area contributed by atoms with Gasteiger partial charge in [-0.15, -0.1) is 23.1 Å². The third kappa shape index (κ3) is 4.65. The van der Waals surface area contributed by atoms with Gasteiger partial charge in [0.15, 0.2) is 0 Å². The summed E-state index contributed by atoms with van der Waals surface area (Å²) in [6.45, 7) is 0.529. The van der Waals surface area contributed by atoms with Gasteiger partial charge in [-0.25, -0.2) is 4.98 Å². The maximum Gasteiger partial charge on any atom is 0.255 e. The summed E-state index contributed by atoms with van der Waals surface area (Å²) in [6.07, 6.45) is 0. The minimum absolute atomic E-state index is 0.00852. The maximum atomic E-state index is 13.0. The van der Waals surface area contributed by atoms with Crippen molar-refractivity contribution in [1.29, 1.82) is 0 Å². The van der Waals surface area contributed by atoms with Crippen LogP contribution in [0, 0.1) is 0 Å². The van der Waals surface area contributed by atoms with Crippen molar-refractivity contribution in [1.82, 2.24) is 9.88 Å². The first kappa shape index (κ1) is 18.5. The van der Waals surface area contributed by atoms with Crippen LogP contribution < -0.4 is 4.74 Å². The number of aromatic nitrogens is 1. The van der Waals surface area contributed by atoms with Crippen molar-refractivity contribution in [3.8, 4) is 5.75 Å². The summed E-state index contributed by atoms with van der Waals surface area (Å²) in [5, 5.41) is 2.03. The molecule has 6 heteroatoms. The van der Waals surface area contributed by atoms with Gasteiger partial charge in [-0.3, -0.25) is 4.79 Å². The molecule has 0 atom stereocenters. The Balaban J connectivity index is 1.72. The molecule has 134 valence electrons. The van der Waals surface area contributed by atoms with Crippen molar-refractivity contribution in [2.45, 2.75) is 17.2 Å². The topological polar surface area (TPSA) is 42.4 Å². The molecular formula is C20H20N2O2S2. The van der Waals surface area contributed by atoms with Gasteiger partial charge in [0.25, 0.3) is 5.91 Å². The first-order valence-electron chi connectivity index (χ1n) is 8.14. The molecule has 0 fully saturated rings. The second kappa shape index (κ2) is 8.87. The fourth-order valence-electron chi connectivity index (χ4n) is 2.55. The van der Waals surface area contributed by atoms with E-state index in [1.54, 1.807) is 35.1 Å². The van der Waals surface area contributed by atoms with E-state index in [-0.39, 0.29) is 5.91 Å². The van der Waals surface area contributed by atoms with Gasteiger partial charge in [0.1, 0.15) is 5.75 Å². The summed E-state index contributed by atoms with van der Waals surface area (Å²) in [7, 11) is 3.47. The van der Waals surface area contributed by atoms with Crippen LogP contribution in [0.4, 0.5) is 0 Å². The van der Waals surface area contributed by atoms with Crippen LogP contribution in [0.1, 0.15) is 21.6 Å². The molecule has 2 aromatic carbocycles. The summed E-state index contributed by atoms with van der Waals surface area (Å²) in [5.41, 5.74) is 4.62. The van der Waals surface area contributed by atoms with Crippen LogP contribution >= 0.6 is 23.1 Å². The standard InChI is InChI=1S/C20H20N2O2S2/c1-22(11-15-6-5-7-17(10-15)24-2)20(23)18-8-3-4-9-19(18)26-13-16-12-25-14-21-16/h3-10,12,14H,11,13H2,1-2H3. The van der Waals surface area contributed by atoms with E-state index in [1.165, 1.54) is 0 Å². The number of carbonyl (C=O) groups is 1. The first-order chi connectivity index (χ1) is 12.7. The summed E-state index contributed by atoms with van der Waals surface area (Å²) >= 11 is 3.22. The molecule has 4 nitrogen and oxygen atoms in total.